The van der Waals surface area contributed by atoms with Crippen molar-refractivity contribution in [2.45, 2.75) is 54.4 Å². The minimum Gasteiger partial charge on any atom is -0.326 e. The number of benzene rings is 1. The molecule has 1 aromatic carbocycles. The van der Waals surface area contributed by atoms with Gasteiger partial charge in [0.2, 0.25) is 0 Å². The second kappa shape index (κ2) is 13.3. The fourth-order valence-electron chi connectivity index (χ4n) is 3.49. The van der Waals surface area contributed by atoms with Gasteiger partial charge in [0.25, 0.3) is 0 Å². The molecule has 0 saturated heterocycles. The van der Waals surface area contributed by atoms with Gasteiger partial charge in [-0.15, -0.1) is 8.86 Å². The maximum Gasteiger partial charge on any atom is 0.0693 e. The molecule has 3 nitrogen and oxygen atoms in total. The van der Waals surface area contributed by atoms with E-state index in [1.807, 2.05) is 32.1 Å². The van der Waals surface area contributed by atoms with Crippen LogP contribution in [0.3, 0.4) is 0 Å². The summed E-state index contributed by atoms with van der Waals surface area (Å²) in [6.45, 7) is 13.3. The van der Waals surface area contributed by atoms with Gasteiger partial charge in [-0.1, -0.05) is 44.2 Å². The highest BCUT2D eigenvalue weighted by molar-refractivity contribution is 7.19. The van der Waals surface area contributed by atoms with E-state index in [0.29, 0.717) is 12.5 Å². The van der Waals surface area contributed by atoms with E-state index in [4.69, 9.17) is 10.7 Å². The van der Waals surface area contributed by atoms with E-state index in [2.05, 4.69) is 72.7 Å². The van der Waals surface area contributed by atoms with Crippen LogP contribution in [0.25, 0.3) is 5.70 Å². The van der Waals surface area contributed by atoms with Crippen molar-refractivity contribution in [1.29, 1.82) is 0 Å². The zero-order valence-electron chi connectivity index (χ0n) is 19.7. The van der Waals surface area contributed by atoms with Gasteiger partial charge in [0.15, 0.2) is 0 Å². The van der Waals surface area contributed by atoms with Crippen LogP contribution in [0.1, 0.15) is 64.7 Å². The average Bonchev–Trinajstić information content (AvgIpc) is 2.77. The third-order valence-corrected chi connectivity index (χ3v) is 5.91. The van der Waals surface area contributed by atoms with Crippen LogP contribution >= 0.6 is 8.86 Å². The topological polar surface area (TPSA) is 50.7 Å². The van der Waals surface area contributed by atoms with Crippen molar-refractivity contribution in [3.63, 3.8) is 0 Å². The normalized spacial score (nSPS) is 15.4. The summed E-state index contributed by atoms with van der Waals surface area (Å²) in [6, 6.07) is 6.57. The van der Waals surface area contributed by atoms with E-state index in [1.165, 1.54) is 22.3 Å². The quantitative estimate of drug-likeness (QED) is 0.348. The molecule has 4 heteroatoms. The summed E-state index contributed by atoms with van der Waals surface area (Å²) < 4.78 is 0. The lowest BCUT2D eigenvalue weighted by Crippen LogP contribution is -2.12. The monoisotopic (exact) mass is 423 g/mol. The Morgan fingerprint density at radius 1 is 1.20 bits per heavy atom. The van der Waals surface area contributed by atoms with Crippen molar-refractivity contribution in [2.75, 3.05) is 13.6 Å². The van der Waals surface area contributed by atoms with Crippen LogP contribution in [0.2, 0.25) is 0 Å². The molecule has 0 aromatic heterocycles. The van der Waals surface area contributed by atoms with Gasteiger partial charge in [-0.2, -0.15) is 0 Å². The molecule has 0 radical (unpaired) electrons. The minimum absolute atomic E-state index is 0.352. The molecule has 0 fully saturated rings. The third-order valence-electron chi connectivity index (χ3n) is 5.57. The lowest BCUT2D eigenvalue weighted by molar-refractivity contribution is 0.698. The summed E-state index contributed by atoms with van der Waals surface area (Å²) in [5.41, 5.74) is 15.2. The molecule has 30 heavy (non-hydrogen) atoms. The van der Waals surface area contributed by atoms with E-state index in [1.54, 1.807) is 0 Å². The van der Waals surface area contributed by atoms with Crippen molar-refractivity contribution in [1.82, 2.24) is 0 Å². The number of nitrogens with zero attached hydrogens (tertiary/aromatic N) is 2. The molecule has 0 amide bonds. The van der Waals surface area contributed by atoms with Gasteiger partial charge >= 0.3 is 0 Å². The van der Waals surface area contributed by atoms with Crippen LogP contribution in [0.4, 0.5) is 0 Å². The Hall–Kier alpha value is -2.09. The maximum atomic E-state index is 5.84. The molecule has 0 spiro atoms. The molecule has 0 aliphatic heterocycles. The van der Waals surface area contributed by atoms with E-state index in [0.717, 1.165) is 35.4 Å². The molecule has 162 valence electrons. The van der Waals surface area contributed by atoms with Gasteiger partial charge in [-0.3, -0.25) is 9.98 Å². The minimum atomic E-state index is 0.352. The average molecular weight is 424 g/mol. The van der Waals surface area contributed by atoms with Gasteiger partial charge in [0.05, 0.1) is 5.70 Å². The molecule has 0 aliphatic rings. The van der Waals surface area contributed by atoms with Crippen LogP contribution < -0.4 is 5.73 Å². The number of aliphatic imine (C=N–C) groups is 2. The summed E-state index contributed by atoms with van der Waals surface area (Å²) in [4.78, 5) is 9.30. The van der Waals surface area contributed by atoms with Crippen LogP contribution in [-0.2, 0) is 6.42 Å². The molecule has 0 heterocycles. The standard InChI is InChI=1S/C26H38N3P/c1-8-18(4)26(29-16-21(9-2)15-27)25-12-11-22(17-30)14-23(25)13-19(5)24(10-3)20(6)28-7/h9-12,14,16-17,19,30H,8,13,15,27H2,1-7H3/b21-9-,24-10-,26-18-,28-20-,29-16-. The highest BCUT2D eigenvalue weighted by Crippen LogP contribution is 2.29. The first-order valence-corrected chi connectivity index (χ1v) is 11.3. The summed E-state index contributed by atoms with van der Waals surface area (Å²) >= 11 is 0. The first-order valence-electron chi connectivity index (χ1n) is 10.7. The molecule has 1 atom stereocenters. The summed E-state index contributed by atoms with van der Waals surface area (Å²) in [7, 11) is 5.40. The fourth-order valence-corrected chi connectivity index (χ4v) is 3.67. The van der Waals surface area contributed by atoms with E-state index in [-0.39, 0.29) is 0 Å². The van der Waals surface area contributed by atoms with Crippen molar-refractivity contribution in [3.05, 3.63) is 63.8 Å². The first kappa shape index (κ1) is 25.9. The second-order valence-corrected chi connectivity index (χ2v) is 7.82. The van der Waals surface area contributed by atoms with E-state index in [9.17, 15) is 0 Å². The van der Waals surface area contributed by atoms with Gasteiger partial charge in [0, 0.05) is 31.1 Å². The molecular formula is C26H38N3P. The summed E-state index contributed by atoms with van der Waals surface area (Å²) in [5.74, 6) is 2.31. The predicted octanol–water partition coefficient (Wildman–Crippen LogP) is 6.31. The fraction of sp³-hybridized carbons (Fsp3) is 0.423. The van der Waals surface area contributed by atoms with Crippen LogP contribution in [0.15, 0.2) is 57.1 Å². The van der Waals surface area contributed by atoms with Gasteiger partial charge in [0.1, 0.15) is 0 Å². The Kier molecular flexibility index (Phi) is 11.5. The summed E-state index contributed by atoms with van der Waals surface area (Å²) in [6.07, 6.45) is 7.96. The van der Waals surface area contributed by atoms with E-state index < -0.39 is 0 Å². The molecule has 1 unspecified atom stereocenters. The lowest BCUT2D eigenvalue weighted by atomic mass is 9.87. The predicted molar refractivity (Wildman–Crippen MR) is 140 cm³/mol. The zero-order valence-corrected chi connectivity index (χ0v) is 20.7. The van der Waals surface area contributed by atoms with Gasteiger partial charge in [-0.05, 0) is 80.1 Å². The Morgan fingerprint density at radius 3 is 2.40 bits per heavy atom. The highest BCUT2D eigenvalue weighted by atomic mass is 31.0. The van der Waals surface area contributed by atoms with Crippen molar-refractivity contribution < 1.29 is 0 Å². The van der Waals surface area contributed by atoms with Crippen molar-refractivity contribution >= 4 is 32.3 Å². The largest absolute Gasteiger partial charge is 0.326 e. The molecule has 0 saturated carbocycles. The number of allylic oxidation sites excluding steroid dienone is 4. The number of rotatable bonds is 10. The molecule has 2 N–H and O–H groups in total. The number of hydrogen-bond donors (Lipinski definition) is 1. The van der Waals surface area contributed by atoms with Crippen molar-refractivity contribution in [3.8, 4) is 0 Å². The Bertz CT molecular complexity index is 886. The highest BCUT2D eigenvalue weighted by Gasteiger charge is 2.16. The third kappa shape index (κ3) is 7.00. The first-order chi connectivity index (χ1) is 14.4. The number of hydrogen-bond acceptors (Lipinski definition) is 3. The van der Waals surface area contributed by atoms with Gasteiger partial charge < -0.3 is 5.73 Å². The van der Waals surface area contributed by atoms with Crippen LogP contribution in [0, 0.1) is 5.92 Å². The summed E-state index contributed by atoms with van der Waals surface area (Å²) in [5, 5.41) is 0. The molecule has 1 rings (SSSR count). The maximum absolute atomic E-state index is 5.84. The van der Waals surface area contributed by atoms with E-state index >= 15 is 0 Å². The SMILES string of the molecule is C\C=C(/C=N\C(=C(\C)CC)c1ccc(C=P)cc1CC(C)C(=C/C)/C(C)=N\C)CN. The van der Waals surface area contributed by atoms with Crippen LogP contribution in [-0.4, -0.2) is 31.3 Å². The Labute approximate surface area is 185 Å². The smallest absolute Gasteiger partial charge is 0.0693 e. The second-order valence-electron chi connectivity index (χ2n) is 7.53. The Balaban J connectivity index is 3.56. The molecule has 1 aromatic rings. The molecule has 0 bridgehead atoms. The van der Waals surface area contributed by atoms with Crippen molar-refractivity contribution in [2.24, 2.45) is 21.6 Å². The van der Waals surface area contributed by atoms with Crippen LogP contribution in [0.5, 0.6) is 0 Å². The zero-order chi connectivity index (χ0) is 22.7. The number of nitrogens with two attached hydrogens (primary N) is 1. The molecular weight excluding hydrogens is 385 g/mol. The van der Waals surface area contributed by atoms with Gasteiger partial charge in [-0.25, -0.2) is 0 Å². The molecule has 0 aliphatic carbocycles. The Morgan fingerprint density at radius 2 is 1.90 bits per heavy atom. The lowest BCUT2D eigenvalue weighted by Gasteiger charge is -2.20.